The monoisotopic (exact) mass is 395 g/mol. The van der Waals surface area contributed by atoms with Crippen molar-refractivity contribution in [1.82, 2.24) is 4.67 Å². The second kappa shape index (κ2) is 10.5. The number of hydrogen-bond donors (Lipinski definition) is 1. The predicted octanol–water partition coefficient (Wildman–Crippen LogP) is 2.45. The first-order chi connectivity index (χ1) is 12.8. The molecule has 1 aromatic rings. The summed E-state index contributed by atoms with van der Waals surface area (Å²) in [4.78, 5) is 22.8. The van der Waals surface area contributed by atoms with Crippen LogP contribution in [0.5, 0.6) is 0 Å². The van der Waals surface area contributed by atoms with Crippen LogP contribution in [0.2, 0.25) is 0 Å². The van der Waals surface area contributed by atoms with Crippen molar-refractivity contribution in [1.29, 1.82) is 0 Å². The maximum absolute atomic E-state index is 12.4. The van der Waals surface area contributed by atoms with E-state index in [0.717, 1.165) is 5.56 Å². The van der Waals surface area contributed by atoms with Gasteiger partial charge in [-0.2, -0.15) is 0 Å². The van der Waals surface area contributed by atoms with Crippen LogP contribution in [0.15, 0.2) is 30.3 Å². The van der Waals surface area contributed by atoms with E-state index in [0.29, 0.717) is 6.42 Å². The lowest BCUT2D eigenvalue weighted by Crippen LogP contribution is -2.33. The fraction of sp³-hybridized carbons (Fsp3) is 0.632. The minimum absolute atomic E-state index is 0.185. The quantitative estimate of drug-likeness (QED) is 0.394. The van der Waals surface area contributed by atoms with E-state index in [1.807, 2.05) is 70.5 Å². The molecule has 0 aliphatic carbocycles. The van der Waals surface area contributed by atoms with E-state index in [4.69, 9.17) is 14.0 Å². The van der Waals surface area contributed by atoms with Gasteiger partial charge in [-0.1, -0.05) is 30.3 Å². The lowest BCUT2D eigenvalue weighted by molar-refractivity contribution is -0.150. The summed E-state index contributed by atoms with van der Waals surface area (Å²) in [5.41, 5.74) is 0.964. The third-order valence-corrected chi connectivity index (χ3v) is 6.35. The van der Waals surface area contributed by atoms with Crippen molar-refractivity contribution in [3.05, 3.63) is 35.9 Å². The largest absolute Gasteiger partial charge is 0.461 e. The number of nitrogens with zero attached hydrogens (tertiary/aromatic N) is 1. The summed E-state index contributed by atoms with van der Waals surface area (Å²) in [6.45, 7) is 8.65. The summed E-state index contributed by atoms with van der Waals surface area (Å²) in [6, 6.07) is 9.77. The Hall–Kier alpha value is -0.975. The number of benzene rings is 1. The average Bonchev–Trinajstić information content (AvgIpc) is 2.99. The van der Waals surface area contributed by atoms with Crippen LogP contribution in [-0.2, 0) is 25.4 Å². The number of esters is 1. The van der Waals surface area contributed by atoms with Crippen LogP contribution in [0.1, 0.15) is 39.7 Å². The normalized spacial score (nSPS) is 23.9. The fourth-order valence-corrected chi connectivity index (χ4v) is 4.59. The van der Waals surface area contributed by atoms with Crippen molar-refractivity contribution in [2.45, 2.75) is 64.9 Å². The zero-order valence-electron chi connectivity index (χ0n) is 16.9. The highest BCUT2D eigenvalue weighted by atomic mass is 31.2. The van der Waals surface area contributed by atoms with Gasteiger partial charge in [-0.15, -0.1) is 0 Å². The van der Waals surface area contributed by atoms with Crippen LogP contribution >= 0.6 is 8.53 Å². The summed E-state index contributed by atoms with van der Waals surface area (Å²) < 4.78 is 18.9. The SMILES string of the molecule is B[C@@H]1OC(COP(O)N(C(C)C)C(C)C)CC1C(=O)OCc1ccccc1. The topological polar surface area (TPSA) is 68.2 Å². The maximum atomic E-state index is 12.4. The first kappa shape index (κ1) is 22.3. The molecule has 1 aliphatic rings. The number of rotatable bonds is 9. The minimum Gasteiger partial charge on any atom is -0.461 e. The van der Waals surface area contributed by atoms with Crippen molar-refractivity contribution < 1.29 is 23.7 Å². The van der Waals surface area contributed by atoms with Crippen molar-refractivity contribution in [2.75, 3.05) is 6.61 Å². The molecule has 0 spiro atoms. The molecule has 0 aromatic heterocycles. The van der Waals surface area contributed by atoms with E-state index < -0.39 is 8.53 Å². The molecule has 0 saturated carbocycles. The van der Waals surface area contributed by atoms with Gasteiger partial charge in [0.25, 0.3) is 8.53 Å². The van der Waals surface area contributed by atoms with E-state index in [9.17, 15) is 9.69 Å². The van der Waals surface area contributed by atoms with Gasteiger partial charge in [-0.05, 0) is 39.7 Å². The Labute approximate surface area is 164 Å². The standard InChI is InChI=1S/C19H31BNO5P/c1-13(2)21(14(3)4)27(23)25-12-16-10-17(18(20)26-16)19(22)24-11-15-8-6-5-7-9-15/h5-9,13-14,16-18,23H,10-12,20H2,1-4H3/t16?,17?,18-,27?/m1/s1. The highest BCUT2D eigenvalue weighted by molar-refractivity contribution is 7.43. The summed E-state index contributed by atoms with van der Waals surface area (Å²) in [5, 5.41) is 0. The lowest BCUT2D eigenvalue weighted by atomic mass is 9.86. The molecule has 6 nitrogen and oxygen atoms in total. The number of ether oxygens (including phenoxy) is 2. The second-order valence-corrected chi connectivity index (χ2v) is 8.74. The molecule has 0 bridgehead atoms. The maximum Gasteiger partial charge on any atom is 0.311 e. The lowest BCUT2D eigenvalue weighted by Gasteiger charge is -2.33. The van der Waals surface area contributed by atoms with Crippen LogP contribution in [0, 0.1) is 5.92 Å². The van der Waals surface area contributed by atoms with Crippen molar-refractivity contribution >= 4 is 22.3 Å². The zero-order valence-corrected chi connectivity index (χ0v) is 17.8. The van der Waals surface area contributed by atoms with Crippen LogP contribution in [0.25, 0.3) is 0 Å². The first-order valence-corrected chi connectivity index (χ1v) is 10.7. The molecule has 8 heteroatoms. The molecule has 2 rings (SSSR count). The van der Waals surface area contributed by atoms with Gasteiger partial charge in [0.1, 0.15) is 14.5 Å². The zero-order chi connectivity index (χ0) is 20.0. The number of hydrogen-bond acceptors (Lipinski definition) is 6. The summed E-state index contributed by atoms with van der Waals surface area (Å²) in [6.07, 6.45) is 0.328. The van der Waals surface area contributed by atoms with Crippen LogP contribution in [0.3, 0.4) is 0 Å². The van der Waals surface area contributed by atoms with E-state index in [-0.39, 0.29) is 49.3 Å². The van der Waals surface area contributed by atoms with Gasteiger partial charge in [0.05, 0.1) is 18.6 Å². The Morgan fingerprint density at radius 1 is 1.30 bits per heavy atom. The molecule has 1 heterocycles. The predicted molar refractivity (Wildman–Crippen MR) is 109 cm³/mol. The molecule has 1 aliphatic heterocycles. The molecule has 1 fully saturated rings. The van der Waals surface area contributed by atoms with Crippen LogP contribution < -0.4 is 0 Å². The molecule has 27 heavy (non-hydrogen) atoms. The highest BCUT2D eigenvalue weighted by Gasteiger charge is 2.38. The van der Waals surface area contributed by atoms with Crippen molar-refractivity contribution in [2.24, 2.45) is 5.92 Å². The molecule has 0 radical (unpaired) electrons. The smallest absolute Gasteiger partial charge is 0.311 e. The summed E-state index contributed by atoms with van der Waals surface area (Å²) in [7, 11) is 0.197. The third kappa shape index (κ3) is 6.54. The van der Waals surface area contributed by atoms with E-state index in [1.165, 1.54) is 0 Å². The Morgan fingerprint density at radius 2 is 1.93 bits per heavy atom. The second-order valence-electron chi connectivity index (χ2n) is 7.51. The molecule has 1 aromatic carbocycles. The molecular weight excluding hydrogens is 364 g/mol. The van der Waals surface area contributed by atoms with Gasteiger partial charge in [0, 0.05) is 18.1 Å². The first-order valence-electron chi connectivity index (χ1n) is 9.55. The van der Waals surface area contributed by atoms with Gasteiger partial charge < -0.3 is 18.9 Å². The highest BCUT2D eigenvalue weighted by Crippen LogP contribution is 2.41. The molecule has 4 atom stereocenters. The Morgan fingerprint density at radius 3 is 2.52 bits per heavy atom. The van der Waals surface area contributed by atoms with Crippen LogP contribution in [0.4, 0.5) is 0 Å². The Balaban J connectivity index is 1.80. The molecule has 1 saturated heterocycles. The van der Waals surface area contributed by atoms with E-state index in [2.05, 4.69) is 0 Å². The summed E-state index contributed by atoms with van der Waals surface area (Å²) >= 11 is 0. The van der Waals surface area contributed by atoms with Crippen molar-refractivity contribution in [3.63, 3.8) is 0 Å². The van der Waals surface area contributed by atoms with Gasteiger partial charge in [0.2, 0.25) is 0 Å². The Kier molecular flexibility index (Phi) is 8.71. The average molecular weight is 395 g/mol. The van der Waals surface area contributed by atoms with E-state index in [1.54, 1.807) is 0 Å². The molecular formula is C19H31BNO5P. The van der Waals surface area contributed by atoms with Crippen molar-refractivity contribution in [3.8, 4) is 0 Å². The molecule has 3 unspecified atom stereocenters. The number of carbonyl (C=O) groups excluding carboxylic acids is 1. The number of carbonyl (C=O) groups is 1. The fourth-order valence-electron chi connectivity index (χ4n) is 3.37. The molecule has 150 valence electrons. The van der Waals surface area contributed by atoms with Crippen LogP contribution in [-0.4, -0.2) is 54.2 Å². The van der Waals surface area contributed by atoms with Gasteiger partial charge in [-0.25, -0.2) is 4.67 Å². The third-order valence-electron chi connectivity index (χ3n) is 4.65. The van der Waals surface area contributed by atoms with Gasteiger partial charge >= 0.3 is 5.97 Å². The van der Waals surface area contributed by atoms with Gasteiger partial charge in [0.15, 0.2) is 0 Å². The summed E-state index contributed by atoms with van der Waals surface area (Å²) in [5.74, 6) is -0.551. The molecule has 0 amide bonds. The van der Waals surface area contributed by atoms with Gasteiger partial charge in [-0.3, -0.25) is 4.79 Å². The Bertz CT molecular complexity index is 581. The minimum atomic E-state index is -1.68. The van der Waals surface area contributed by atoms with E-state index >= 15 is 0 Å². The molecule has 1 N–H and O–H groups in total.